The topological polar surface area (TPSA) is 62.5 Å². The van der Waals surface area contributed by atoms with E-state index in [2.05, 4.69) is 22.9 Å². The molecule has 5 nitrogen and oxygen atoms in total. The normalized spacial score (nSPS) is 14.0. The minimum Gasteiger partial charge on any atom is -0.399 e. The lowest BCUT2D eigenvalue weighted by Gasteiger charge is -2.35. The van der Waals surface area contributed by atoms with Crippen LogP contribution in [0.1, 0.15) is 25.3 Å². The van der Waals surface area contributed by atoms with Crippen molar-refractivity contribution < 1.29 is 4.79 Å². The van der Waals surface area contributed by atoms with Gasteiger partial charge in [0.2, 0.25) is 5.91 Å². The molecule has 0 bridgehead atoms. The predicted octanol–water partition coefficient (Wildman–Crippen LogP) is 3.82. The summed E-state index contributed by atoms with van der Waals surface area (Å²) in [6.45, 7) is 5.68. The van der Waals surface area contributed by atoms with Crippen LogP contribution >= 0.6 is 24.8 Å². The zero-order chi connectivity index (χ0) is 18.4. The second-order valence-corrected chi connectivity index (χ2v) is 6.97. The van der Waals surface area contributed by atoms with Gasteiger partial charge in [0, 0.05) is 38.1 Å². The number of anilines is 2. The molecule has 0 aliphatic carbocycles. The highest BCUT2D eigenvalue weighted by Gasteiger charge is 2.23. The van der Waals surface area contributed by atoms with Gasteiger partial charge >= 0.3 is 0 Å². The molecule has 7 heteroatoms. The van der Waals surface area contributed by atoms with Crippen LogP contribution in [0.5, 0.6) is 0 Å². The molecule has 2 N–H and O–H groups in total. The Kier molecular flexibility index (Phi) is 10.1. The molecule has 0 unspecified atom stereocenters. The predicted molar refractivity (Wildman–Crippen MR) is 120 cm³/mol. The molecule has 1 fully saturated rings. The van der Waals surface area contributed by atoms with Gasteiger partial charge in [0.1, 0.15) is 5.82 Å². The molecule has 1 aromatic carbocycles. The molecular weight excluding hydrogens is 395 g/mol. The van der Waals surface area contributed by atoms with Crippen LogP contribution in [0.4, 0.5) is 11.5 Å². The quantitative estimate of drug-likeness (QED) is 0.715. The summed E-state index contributed by atoms with van der Waals surface area (Å²) >= 11 is 0. The zero-order valence-electron chi connectivity index (χ0n) is 16.3. The van der Waals surface area contributed by atoms with E-state index in [1.165, 1.54) is 0 Å². The fourth-order valence-corrected chi connectivity index (χ4v) is 3.53. The summed E-state index contributed by atoms with van der Waals surface area (Å²) in [5.74, 6) is 1.81. The molecule has 1 amide bonds. The number of piperidine rings is 1. The van der Waals surface area contributed by atoms with Crippen LogP contribution in [-0.2, 0) is 11.2 Å². The summed E-state index contributed by atoms with van der Waals surface area (Å²) in [7, 11) is 0. The van der Waals surface area contributed by atoms with Crippen LogP contribution < -0.4 is 10.6 Å². The number of benzene rings is 1. The van der Waals surface area contributed by atoms with Crippen molar-refractivity contribution in [1.82, 2.24) is 9.88 Å². The van der Waals surface area contributed by atoms with E-state index in [0.717, 1.165) is 56.1 Å². The number of amides is 1. The Hall–Kier alpha value is -1.98. The smallest absolute Gasteiger partial charge is 0.226 e. The van der Waals surface area contributed by atoms with E-state index < -0.39 is 0 Å². The van der Waals surface area contributed by atoms with Crippen LogP contribution in [0.3, 0.4) is 0 Å². The van der Waals surface area contributed by atoms with Crippen molar-refractivity contribution in [1.29, 1.82) is 0 Å². The lowest BCUT2D eigenvalue weighted by molar-refractivity contribution is -0.131. The molecule has 28 heavy (non-hydrogen) atoms. The third-order valence-electron chi connectivity index (χ3n) is 5.14. The third-order valence-corrected chi connectivity index (χ3v) is 5.14. The maximum Gasteiger partial charge on any atom is 0.226 e. The van der Waals surface area contributed by atoms with Crippen LogP contribution in [0.15, 0.2) is 48.7 Å². The van der Waals surface area contributed by atoms with Gasteiger partial charge in [0.25, 0.3) is 0 Å². The van der Waals surface area contributed by atoms with Crippen molar-refractivity contribution in [3.63, 3.8) is 0 Å². The first-order chi connectivity index (χ1) is 12.7. The van der Waals surface area contributed by atoms with E-state index in [0.29, 0.717) is 12.3 Å². The molecule has 0 radical (unpaired) electrons. The standard InChI is InChI=1S/C21H28N4O.2ClH/c1-2-24(21(26)15-17-6-8-19(22)9-7-17)16-18-10-13-25(14-11-18)20-5-3-4-12-23-20;;/h3-9,12,18H,2,10-11,13-16,22H2,1H3;2*1H. The number of aromatic nitrogens is 1. The number of hydrogen-bond acceptors (Lipinski definition) is 4. The number of likely N-dealkylation sites (N-methyl/N-ethyl adjacent to an activating group) is 1. The van der Waals surface area contributed by atoms with Crippen molar-refractivity contribution in [3.05, 3.63) is 54.2 Å². The third kappa shape index (κ3) is 6.57. The number of nitrogen functional groups attached to an aromatic ring is 1. The maximum atomic E-state index is 12.7. The molecule has 0 saturated carbocycles. The molecule has 0 spiro atoms. The first-order valence-corrected chi connectivity index (χ1v) is 9.44. The molecule has 3 rings (SSSR count). The van der Waals surface area contributed by atoms with Gasteiger partial charge in [-0.05, 0) is 55.5 Å². The molecule has 2 aromatic rings. The summed E-state index contributed by atoms with van der Waals surface area (Å²) in [4.78, 5) is 21.4. The first kappa shape index (κ1) is 24.1. The van der Waals surface area contributed by atoms with Gasteiger partial charge in [-0.15, -0.1) is 24.8 Å². The SMILES string of the molecule is CCN(CC1CCN(c2ccccn2)CC1)C(=O)Cc1ccc(N)cc1.Cl.Cl. The van der Waals surface area contributed by atoms with E-state index in [4.69, 9.17) is 5.73 Å². The Bertz CT molecular complexity index is 704. The second kappa shape index (κ2) is 11.8. The summed E-state index contributed by atoms with van der Waals surface area (Å²) in [5, 5.41) is 0. The second-order valence-electron chi connectivity index (χ2n) is 6.97. The van der Waals surface area contributed by atoms with Crippen molar-refractivity contribution in [3.8, 4) is 0 Å². The molecule has 0 atom stereocenters. The van der Waals surface area contributed by atoms with Gasteiger partial charge in [-0.25, -0.2) is 4.98 Å². The van der Waals surface area contributed by atoms with Crippen molar-refractivity contribution in [2.45, 2.75) is 26.2 Å². The Balaban J connectivity index is 0.00000196. The zero-order valence-corrected chi connectivity index (χ0v) is 17.9. The maximum absolute atomic E-state index is 12.7. The number of carbonyl (C=O) groups excluding carboxylic acids is 1. The first-order valence-electron chi connectivity index (χ1n) is 9.44. The molecule has 1 aromatic heterocycles. The van der Waals surface area contributed by atoms with Crippen LogP contribution in [-0.4, -0.2) is 42.0 Å². The highest BCUT2D eigenvalue weighted by Crippen LogP contribution is 2.22. The fourth-order valence-electron chi connectivity index (χ4n) is 3.53. The Labute approximate surface area is 180 Å². The number of rotatable bonds is 6. The highest BCUT2D eigenvalue weighted by atomic mass is 35.5. The molecule has 2 heterocycles. The lowest BCUT2D eigenvalue weighted by Crippen LogP contribution is -2.41. The highest BCUT2D eigenvalue weighted by molar-refractivity contribution is 5.85. The van der Waals surface area contributed by atoms with Gasteiger partial charge in [-0.2, -0.15) is 0 Å². The Morgan fingerprint density at radius 3 is 2.39 bits per heavy atom. The molecule has 1 aliphatic heterocycles. The summed E-state index contributed by atoms with van der Waals surface area (Å²) in [6, 6.07) is 13.6. The number of pyridine rings is 1. The average molecular weight is 425 g/mol. The van der Waals surface area contributed by atoms with Gasteiger partial charge in [0.05, 0.1) is 6.42 Å². The van der Waals surface area contributed by atoms with E-state index >= 15 is 0 Å². The fraction of sp³-hybridized carbons (Fsp3) is 0.429. The molecule has 154 valence electrons. The number of carbonyl (C=O) groups is 1. The Morgan fingerprint density at radius 2 is 1.82 bits per heavy atom. The number of nitrogens with two attached hydrogens (primary N) is 1. The number of nitrogens with zero attached hydrogens (tertiary/aromatic N) is 3. The minimum absolute atomic E-state index is 0. The number of hydrogen-bond donors (Lipinski definition) is 1. The lowest BCUT2D eigenvalue weighted by atomic mass is 9.96. The summed E-state index contributed by atoms with van der Waals surface area (Å²) in [5.41, 5.74) is 7.47. The average Bonchev–Trinajstić information content (AvgIpc) is 2.69. The van der Waals surface area contributed by atoms with Gasteiger partial charge in [0.15, 0.2) is 0 Å². The van der Waals surface area contributed by atoms with Gasteiger partial charge in [-0.3, -0.25) is 4.79 Å². The van der Waals surface area contributed by atoms with E-state index in [9.17, 15) is 4.79 Å². The van der Waals surface area contributed by atoms with Crippen LogP contribution in [0.25, 0.3) is 0 Å². The largest absolute Gasteiger partial charge is 0.399 e. The van der Waals surface area contributed by atoms with Crippen molar-refractivity contribution in [2.75, 3.05) is 36.8 Å². The molecule has 1 aliphatic rings. The van der Waals surface area contributed by atoms with E-state index in [1.807, 2.05) is 47.5 Å². The summed E-state index contributed by atoms with van der Waals surface area (Å²) in [6.07, 6.45) is 4.49. The molecular formula is C21H30Cl2N4O. The van der Waals surface area contributed by atoms with E-state index in [-0.39, 0.29) is 30.7 Å². The van der Waals surface area contributed by atoms with E-state index in [1.54, 1.807) is 0 Å². The van der Waals surface area contributed by atoms with Gasteiger partial charge < -0.3 is 15.5 Å². The molecule has 1 saturated heterocycles. The van der Waals surface area contributed by atoms with Crippen LogP contribution in [0.2, 0.25) is 0 Å². The minimum atomic E-state index is 0. The van der Waals surface area contributed by atoms with Gasteiger partial charge in [-0.1, -0.05) is 18.2 Å². The number of halogens is 2. The van der Waals surface area contributed by atoms with Crippen molar-refractivity contribution in [2.24, 2.45) is 5.92 Å². The monoisotopic (exact) mass is 424 g/mol. The van der Waals surface area contributed by atoms with Crippen molar-refractivity contribution >= 4 is 42.2 Å². The Morgan fingerprint density at radius 1 is 1.14 bits per heavy atom. The van der Waals surface area contributed by atoms with Crippen LogP contribution in [0, 0.1) is 5.92 Å². The summed E-state index contributed by atoms with van der Waals surface area (Å²) < 4.78 is 0.